The maximum atomic E-state index is 13.6. The lowest BCUT2D eigenvalue weighted by Crippen LogP contribution is -2.31. The number of ether oxygens (including phenoxy) is 1. The molecule has 0 aliphatic heterocycles. The summed E-state index contributed by atoms with van der Waals surface area (Å²) >= 11 is 5.72. The zero-order chi connectivity index (χ0) is 17.9. The molecule has 126 valence electrons. The molecule has 0 heterocycles. The highest BCUT2D eigenvalue weighted by molar-refractivity contribution is 6.33. The van der Waals surface area contributed by atoms with Gasteiger partial charge in [0.2, 0.25) is 0 Å². The van der Waals surface area contributed by atoms with Crippen LogP contribution in [0.1, 0.15) is 17.3 Å². The van der Waals surface area contributed by atoms with Crippen molar-refractivity contribution in [2.24, 2.45) is 0 Å². The molecule has 0 spiro atoms. The van der Waals surface area contributed by atoms with Gasteiger partial charge in [0.1, 0.15) is 28.7 Å². The highest BCUT2D eigenvalue weighted by Crippen LogP contribution is 2.21. The molecule has 0 fully saturated rings. The molecule has 1 unspecified atom stereocenters. The van der Waals surface area contributed by atoms with Gasteiger partial charge in [0, 0.05) is 0 Å². The predicted molar refractivity (Wildman–Crippen MR) is 81.3 cm³/mol. The third-order valence-corrected chi connectivity index (χ3v) is 3.35. The number of esters is 1. The topological polar surface area (TPSA) is 55.4 Å². The van der Waals surface area contributed by atoms with Crippen LogP contribution in [0.5, 0.6) is 0 Å². The van der Waals surface area contributed by atoms with Crippen molar-refractivity contribution in [1.29, 1.82) is 0 Å². The lowest BCUT2D eigenvalue weighted by atomic mass is 10.2. The molecule has 2 aromatic rings. The van der Waals surface area contributed by atoms with Crippen molar-refractivity contribution in [2.45, 2.75) is 13.0 Å². The molecule has 8 heteroatoms. The van der Waals surface area contributed by atoms with Gasteiger partial charge in [0.15, 0.2) is 6.10 Å². The average molecular weight is 358 g/mol. The fourth-order valence-electron chi connectivity index (χ4n) is 1.81. The number of amides is 1. The van der Waals surface area contributed by atoms with Gasteiger partial charge in [-0.05, 0) is 31.2 Å². The first kappa shape index (κ1) is 17.8. The van der Waals surface area contributed by atoms with Gasteiger partial charge in [-0.2, -0.15) is 0 Å². The minimum atomic E-state index is -1.44. The highest BCUT2D eigenvalue weighted by atomic mass is 35.5. The Kier molecular flexibility index (Phi) is 5.46. The summed E-state index contributed by atoms with van der Waals surface area (Å²) < 4.78 is 45.4. The largest absolute Gasteiger partial charge is 0.449 e. The molecule has 0 saturated carbocycles. The van der Waals surface area contributed by atoms with E-state index >= 15 is 0 Å². The first-order chi connectivity index (χ1) is 11.3. The number of rotatable bonds is 4. The Morgan fingerprint density at radius 1 is 1.04 bits per heavy atom. The SMILES string of the molecule is CC(OC(=O)c1c(F)cccc1Cl)C(=O)Nc1c(F)cccc1F. The van der Waals surface area contributed by atoms with Crippen molar-refractivity contribution in [2.75, 3.05) is 5.32 Å². The van der Waals surface area contributed by atoms with E-state index in [9.17, 15) is 22.8 Å². The summed E-state index contributed by atoms with van der Waals surface area (Å²) in [6, 6.07) is 6.61. The molecule has 0 saturated heterocycles. The molecule has 4 nitrogen and oxygen atoms in total. The van der Waals surface area contributed by atoms with Crippen LogP contribution < -0.4 is 5.32 Å². The van der Waals surface area contributed by atoms with Crippen LogP contribution in [0.15, 0.2) is 36.4 Å². The lowest BCUT2D eigenvalue weighted by molar-refractivity contribution is -0.123. The lowest BCUT2D eigenvalue weighted by Gasteiger charge is -2.15. The van der Waals surface area contributed by atoms with E-state index in [-0.39, 0.29) is 5.02 Å². The van der Waals surface area contributed by atoms with Crippen molar-refractivity contribution < 1.29 is 27.5 Å². The van der Waals surface area contributed by atoms with E-state index in [2.05, 4.69) is 0 Å². The van der Waals surface area contributed by atoms with E-state index in [0.29, 0.717) is 0 Å². The average Bonchev–Trinajstić information content (AvgIpc) is 2.50. The standard InChI is InChI=1S/C16H11ClF3NO3/c1-8(15(22)21-14-11(19)6-3-7-12(14)20)24-16(23)13-9(17)4-2-5-10(13)18/h2-8H,1H3,(H,21,22). The van der Waals surface area contributed by atoms with E-state index < -0.39 is 46.7 Å². The Morgan fingerprint density at radius 2 is 1.58 bits per heavy atom. The van der Waals surface area contributed by atoms with Crippen molar-refractivity contribution >= 4 is 29.2 Å². The summed E-state index contributed by atoms with van der Waals surface area (Å²) in [6.07, 6.45) is -1.44. The zero-order valence-electron chi connectivity index (χ0n) is 12.3. The maximum absolute atomic E-state index is 13.6. The Morgan fingerprint density at radius 3 is 2.17 bits per heavy atom. The minimum Gasteiger partial charge on any atom is -0.449 e. The summed E-state index contributed by atoms with van der Waals surface area (Å²) in [5, 5.41) is 1.78. The van der Waals surface area contributed by atoms with E-state index in [1.165, 1.54) is 19.1 Å². The summed E-state index contributed by atoms with van der Waals surface area (Å²) in [5.41, 5.74) is -1.20. The van der Waals surface area contributed by atoms with Crippen LogP contribution in [0.2, 0.25) is 5.02 Å². The molecular formula is C16H11ClF3NO3. The van der Waals surface area contributed by atoms with Crippen LogP contribution >= 0.6 is 11.6 Å². The molecule has 2 aromatic carbocycles. The van der Waals surface area contributed by atoms with Crippen LogP contribution in [0.4, 0.5) is 18.9 Å². The van der Waals surface area contributed by atoms with Gasteiger partial charge in [-0.15, -0.1) is 0 Å². The first-order valence-electron chi connectivity index (χ1n) is 6.71. The second kappa shape index (κ2) is 7.35. The molecular weight excluding hydrogens is 347 g/mol. The zero-order valence-corrected chi connectivity index (χ0v) is 13.0. The number of halogens is 4. The van der Waals surface area contributed by atoms with E-state index in [1.807, 2.05) is 5.32 Å². The second-order valence-corrected chi connectivity index (χ2v) is 5.14. The number of hydrogen-bond acceptors (Lipinski definition) is 3. The monoisotopic (exact) mass is 357 g/mol. The second-order valence-electron chi connectivity index (χ2n) is 4.73. The quantitative estimate of drug-likeness (QED) is 0.843. The van der Waals surface area contributed by atoms with Crippen LogP contribution in [0.25, 0.3) is 0 Å². The van der Waals surface area contributed by atoms with Gasteiger partial charge in [0.25, 0.3) is 5.91 Å². The number of para-hydroxylation sites is 1. The normalized spacial score (nSPS) is 11.7. The molecule has 24 heavy (non-hydrogen) atoms. The third kappa shape index (κ3) is 3.86. The fraction of sp³-hybridized carbons (Fsp3) is 0.125. The van der Waals surface area contributed by atoms with E-state index in [1.54, 1.807) is 0 Å². The van der Waals surface area contributed by atoms with Gasteiger partial charge in [-0.3, -0.25) is 4.79 Å². The summed E-state index contributed by atoms with van der Waals surface area (Å²) in [5.74, 6) is -5.05. The van der Waals surface area contributed by atoms with Crippen molar-refractivity contribution in [3.8, 4) is 0 Å². The Bertz CT molecular complexity index is 758. The molecule has 1 N–H and O–H groups in total. The third-order valence-electron chi connectivity index (χ3n) is 3.03. The molecule has 0 bridgehead atoms. The molecule has 0 aliphatic carbocycles. The minimum absolute atomic E-state index is 0.187. The summed E-state index contributed by atoms with van der Waals surface area (Å²) in [6.45, 7) is 1.17. The van der Waals surface area contributed by atoms with Gasteiger partial charge in [-0.1, -0.05) is 23.7 Å². The van der Waals surface area contributed by atoms with Gasteiger partial charge < -0.3 is 10.1 Å². The van der Waals surface area contributed by atoms with Crippen molar-refractivity contribution in [3.63, 3.8) is 0 Å². The van der Waals surface area contributed by atoms with Crippen LogP contribution in [0, 0.1) is 17.5 Å². The highest BCUT2D eigenvalue weighted by Gasteiger charge is 2.24. The van der Waals surface area contributed by atoms with Crippen LogP contribution in [-0.2, 0) is 9.53 Å². The Hall–Kier alpha value is -2.54. The molecule has 1 atom stereocenters. The smallest absolute Gasteiger partial charge is 0.343 e. The van der Waals surface area contributed by atoms with Gasteiger partial charge in [-0.25, -0.2) is 18.0 Å². The number of anilines is 1. The predicted octanol–water partition coefficient (Wildman–Crippen LogP) is 3.94. The van der Waals surface area contributed by atoms with Crippen molar-refractivity contribution in [3.05, 3.63) is 64.4 Å². The maximum Gasteiger partial charge on any atom is 0.343 e. The number of benzene rings is 2. The molecule has 0 aliphatic rings. The number of nitrogens with one attached hydrogen (secondary N) is 1. The summed E-state index contributed by atoms with van der Waals surface area (Å²) in [7, 11) is 0. The van der Waals surface area contributed by atoms with E-state index in [4.69, 9.17) is 16.3 Å². The molecule has 0 radical (unpaired) electrons. The molecule has 0 aromatic heterocycles. The Balaban J connectivity index is 2.10. The molecule has 1 amide bonds. The number of carbonyl (C=O) groups is 2. The van der Waals surface area contributed by atoms with Crippen molar-refractivity contribution in [1.82, 2.24) is 0 Å². The van der Waals surface area contributed by atoms with Crippen LogP contribution in [0.3, 0.4) is 0 Å². The van der Waals surface area contributed by atoms with Gasteiger partial charge >= 0.3 is 5.97 Å². The fourth-order valence-corrected chi connectivity index (χ4v) is 2.05. The first-order valence-corrected chi connectivity index (χ1v) is 7.09. The number of hydrogen-bond donors (Lipinski definition) is 1. The van der Waals surface area contributed by atoms with Crippen LogP contribution in [-0.4, -0.2) is 18.0 Å². The summed E-state index contributed by atoms with van der Waals surface area (Å²) in [4.78, 5) is 23.8. The van der Waals surface area contributed by atoms with E-state index in [0.717, 1.165) is 24.3 Å². The molecule has 2 rings (SSSR count). The number of carbonyl (C=O) groups excluding carboxylic acids is 2. The van der Waals surface area contributed by atoms with Gasteiger partial charge in [0.05, 0.1) is 5.02 Å². The Labute approximate surface area is 140 Å².